The first-order valence-corrected chi connectivity index (χ1v) is 14.0. The number of fused-ring (bicyclic) bond motifs is 2. The van der Waals surface area contributed by atoms with Crippen molar-refractivity contribution in [3.63, 3.8) is 0 Å². The minimum absolute atomic E-state index is 0.00261. The van der Waals surface area contributed by atoms with Crippen molar-refractivity contribution in [3.05, 3.63) is 93.8 Å². The average molecular weight is 553 g/mol. The predicted octanol–water partition coefficient (Wildman–Crippen LogP) is 5.52. The van der Waals surface area contributed by atoms with Crippen LogP contribution in [0, 0.1) is 0 Å². The molecule has 1 amide bonds. The lowest BCUT2D eigenvalue weighted by molar-refractivity contribution is 0.0441. The highest BCUT2D eigenvalue weighted by molar-refractivity contribution is 6.05. The van der Waals surface area contributed by atoms with Crippen molar-refractivity contribution < 1.29 is 14.3 Å². The molecule has 0 bridgehead atoms. The van der Waals surface area contributed by atoms with E-state index < -0.39 is 11.7 Å². The van der Waals surface area contributed by atoms with Crippen molar-refractivity contribution >= 4 is 22.9 Å². The third kappa shape index (κ3) is 5.53. The summed E-state index contributed by atoms with van der Waals surface area (Å²) in [5.41, 5.74) is 11.9. The first kappa shape index (κ1) is 26.6. The van der Waals surface area contributed by atoms with Gasteiger partial charge in [-0.25, -0.2) is 4.79 Å². The van der Waals surface area contributed by atoms with E-state index in [4.69, 9.17) is 15.4 Å². The highest BCUT2D eigenvalue weighted by atomic mass is 16.6. The van der Waals surface area contributed by atoms with Crippen LogP contribution in [0.1, 0.15) is 60.4 Å². The zero-order valence-corrected chi connectivity index (χ0v) is 23.2. The largest absolute Gasteiger partial charge is 0.442 e. The van der Waals surface area contributed by atoms with Gasteiger partial charge in [-0.15, -0.1) is 0 Å². The molecule has 0 spiro atoms. The maximum Gasteiger partial charge on any atom is 0.435 e. The SMILES string of the molecule is CC(C)(CN=[N+]=[N-])OC(=O)n1cc2c(n1)CCC(N(C(=O)c1c3ccccc3nn1Cc1ccccc1)C1CC1)C2. The molecular weight excluding hydrogens is 520 g/mol. The van der Waals surface area contributed by atoms with E-state index in [1.54, 1.807) is 20.0 Å². The Hall–Kier alpha value is -4.63. The van der Waals surface area contributed by atoms with Crippen molar-refractivity contribution in [1.82, 2.24) is 24.5 Å². The van der Waals surface area contributed by atoms with Gasteiger partial charge < -0.3 is 9.64 Å². The second-order valence-corrected chi connectivity index (χ2v) is 11.4. The number of azide groups is 1. The average Bonchev–Trinajstić information content (AvgIpc) is 3.58. The number of ether oxygens (including phenoxy) is 1. The number of carbonyl (C=O) groups excluding carboxylic acids is 2. The molecule has 1 saturated carbocycles. The normalized spacial score (nSPS) is 16.6. The summed E-state index contributed by atoms with van der Waals surface area (Å²) in [6.07, 6.45) is 5.06. The van der Waals surface area contributed by atoms with Crippen LogP contribution in [0.3, 0.4) is 0 Å². The van der Waals surface area contributed by atoms with E-state index >= 15 is 0 Å². The van der Waals surface area contributed by atoms with Gasteiger partial charge in [-0.3, -0.25) is 9.48 Å². The van der Waals surface area contributed by atoms with Gasteiger partial charge in [0.1, 0.15) is 11.3 Å². The van der Waals surface area contributed by atoms with Gasteiger partial charge in [-0.1, -0.05) is 53.6 Å². The van der Waals surface area contributed by atoms with Crippen LogP contribution in [-0.4, -0.2) is 60.7 Å². The lowest BCUT2D eigenvalue weighted by Crippen LogP contribution is -2.45. The van der Waals surface area contributed by atoms with Crippen molar-refractivity contribution in [2.75, 3.05) is 6.54 Å². The van der Waals surface area contributed by atoms with Crippen molar-refractivity contribution in [1.29, 1.82) is 0 Å². The standard InChI is InChI=1S/C30H32N8O3/c1-30(2,19-32-35-31)41-29(40)37-18-21-16-23(14-15-25(21)33-37)38(22-12-13-22)28(39)27-24-10-6-7-11-26(24)34-36(27)17-20-8-4-3-5-9-20/h3-11,18,22-23H,12-17,19H2,1-2H3. The van der Waals surface area contributed by atoms with Crippen LogP contribution in [0.15, 0.2) is 65.9 Å². The van der Waals surface area contributed by atoms with Gasteiger partial charge in [0, 0.05) is 28.6 Å². The van der Waals surface area contributed by atoms with Crippen LogP contribution in [-0.2, 0) is 24.1 Å². The summed E-state index contributed by atoms with van der Waals surface area (Å²) in [6.45, 7) is 3.90. The molecule has 2 aliphatic carbocycles. The summed E-state index contributed by atoms with van der Waals surface area (Å²) < 4.78 is 8.60. The molecule has 0 aliphatic heterocycles. The Morgan fingerprint density at radius 2 is 1.83 bits per heavy atom. The van der Waals surface area contributed by atoms with E-state index in [0.29, 0.717) is 25.1 Å². The van der Waals surface area contributed by atoms with E-state index in [9.17, 15) is 9.59 Å². The second-order valence-electron chi connectivity index (χ2n) is 11.4. The molecule has 1 unspecified atom stereocenters. The van der Waals surface area contributed by atoms with Crippen LogP contribution in [0.4, 0.5) is 4.79 Å². The number of rotatable bonds is 8. The minimum atomic E-state index is -0.959. The summed E-state index contributed by atoms with van der Waals surface area (Å²) in [6, 6.07) is 18.0. The smallest absolute Gasteiger partial charge is 0.435 e. The Morgan fingerprint density at radius 1 is 1.07 bits per heavy atom. The number of hydrogen-bond donors (Lipinski definition) is 0. The van der Waals surface area contributed by atoms with Crippen molar-refractivity contribution in [2.24, 2.45) is 5.11 Å². The Balaban J connectivity index is 1.26. The quantitative estimate of drug-likeness (QED) is 0.161. The molecule has 0 saturated heterocycles. The van der Waals surface area contributed by atoms with Gasteiger partial charge in [-0.05, 0) is 68.7 Å². The number of aromatic nitrogens is 4. The van der Waals surface area contributed by atoms with Crippen LogP contribution in [0.2, 0.25) is 0 Å². The fourth-order valence-corrected chi connectivity index (χ4v) is 5.62. The molecule has 1 atom stereocenters. The maximum atomic E-state index is 14.4. The van der Waals surface area contributed by atoms with Gasteiger partial charge in [-0.2, -0.15) is 14.9 Å². The summed E-state index contributed by atoms with van der Waals surface area (Å²) >= 11 is 0. The van der Waals surface area contributed by atoms with Crippen LogP contribution in [0.5, 0.6) is 0 Å². The number of nitrogens with zero attached hydrogens (tertiary/aromatic N) is 8. The summed E-state index contributed by atoms with van der Waals surface area (Å²) in [4.78, 5) is 32.0. The molecule has 0 N–H and O–H groups in total. The molecular formula is C30H32N8O3. The first-order chi connectivity index (χ1) is 19.8. The van der Waals surface area contributed by atoms with E-state index in [1.807, 2.05) is 59.3 Å². The van der Waals surface area contributed by atoms with Crippen LogP contribution >= 0.6 is 0 Å². The Morgan fingerprint density at radius 3 is 2.59 bits per heavy atom. The van der Waals surface area contributed by atoms with Crippen LogP contribution in [0.25, 0.3) is 21.3 Å². The lowest BCUT2D eigenvalue weighted by atomic mass is 9.92. The van der Waals surface area contributed by atoms with E-state index in [-0.39, 0.29) is 24.5 Å². The van der Waals surface area contributed by atoms with Gasteiger partial charge in [0.25, 0.3) is 5.91 Å². The van der Waals surface area contributed by atoms with Crippen molar-refractivity contribution in [2.45, 2.75) is 70.2 Å². The molecule has 11 heteroatoms. The summed E-state index contributed by atoms with van der Waals surface area (Å²) in [7, 11) is 0. The fourth-order valence-electron chi connectivity index (χ4n) is 5.62. The molecule has 2 aliphatic rings. The fraction of sp³-hybridized carbons (Fsp3) is 0.400. The second kappa shape index (κ2) is 10.7. The van der Waals surface area contributed by atoms with Crippen molar-refractivity contribution in [3.8, 4) is 0 Å². The zero-order valence-electron chi connectivity index (χ0n) is 23.2. The zero-order chi connectivity index (χ0) is 28.6. The molecule has 2 aromatic heterocycles. The van der Waals surface area contributed by atoms with Gasteiger partial charge in [0.15, 0.2) is 0 Å². The summed E-state index contributed by atoms with van der Waals surface area (Å²) in [5, 5.41) is 13.7. The molecule has 0 radical (unpaired) electrons. The molecule has 2 aromatic carbocycles. The van der Waals surface area contributed by atoms with Gasteiger partial charge >= 0.3 is 6.09 Å². The lowest BCUT2D eigenvalue weighted by Gasteiger charge is -2.34. The van der Waals surface area contributed by atoms with Crippen LogP contribution < -0.4 is 0 Å². The maximum absolute atomic E-state index is 14.4. The summed E-state index contributed by atoms with van der Waals surface area (Å²) in [5.74, 6) is -0.00261. The highest BCUT2D eigenvalue weighted by Crippen LogP contribution is 2.36. The predicted molar refractivity (Wildman–Crippen MR) is 152 cm³/mol. The number of carbonyl (C=O) groups is 2. The minimum Gasteiger partial charge on any atom is -0.442 e. The monoisotopic (exact) mass is 552 g/mol. The number of amides is 1. The molecule has 210 valence electrons. The van der Waals surface area contributed by atoms with E-state index in [0.717, 1.165) is 47.0 Å². The molecule has 41 heavy (non-hydrogen) atoms. The Kier molecular flexibility index (Phi) is 6.96. The number of aryl methyl sites for hydroxylation is 1. The molecule has 1 fully saturated rings. The highest BCUT2D eigenvalue weighted by Gasteiger charge is 2.41. The Bertz CT molecular complexity index is 1650. The number of hydrogen-bond acceptors (Lipinski definition) is 6. The molecule has 2 heterocycles. The molecule has 11 nitrogen and oxygen atoms in total. The third-order valence-electron chi connectivity index (χ3n) is 7.70. The van der Waals surface area contributed by atoms with Gasteiger partial charge in [0.05, 0.1) is 24.3 Å². The molecule has 6 rings (SSSR count). The third-order valence-corrected chi connectivity index (χ3v) is 7.70. The van der Waals surface area contributed by atoms with Gasteiger partial charge in [0.2, 0.25) is 0 Å². The number of benzene rings is 2. The molecule has 4 aromatic rings. The topological polar surface area (TPSA) is 131 Å². The van der Waals surface area contributed by atoms with E-state index in [1.165, 1.54) is 4.68 Å². The Labute approximate surface area is 237 Å². The van der Waals surface area contributed by atoms with E-state index in [2.05, 4.69) is 20.0 Å². The first-order valence-electron chi connectivity index (χ1n) is 14.0.